The fraction of sp³-hybridized carbons (Fsp3) is 0.333. The van der Waals surface area contributed by atoms with E-state index in [1.54, 1.807) is 0 Å². The Morgan fingerprint density at radius 1 is 1.19 bits per heavy atom. The topological polar surface area (TPSA) is 12.0 Å². The van der Waals surface area contributed by atoms with Gasteiger partial charge in [0.1, 0.15) is 0 Å². The molecule has 1 aliphatic rings. The van der Waals surface area contributed by atoms with E-state index in [0.717, 1.165) is 21.0 Å². The minimum absolute atomic E-state index is 0.120. The predicted molar refractivity (Wildman–Crippen MR) is 93.1 cm³/mol. The molecule has 1 N–H and O–H groups in total. The molecular formula is C18H19BrClN. The molecule has 110 valence electrons. The van der Waals surface area contributed by atoms with Crippen LogP contribution in [0, 0.1) is 0 Å². The van der Waals surface area contributed by atoms with E-state index in [0.29, 0.717) is 0 Å². The van der Waals surface area contributed by atoms with Crippen molar-refractivity contribution in [3.05, 3.63) is 68.7 Å². The Morgan fingerprint density at radius 2 is 1.95 bits per heavy atom. The van der Waals surface area contributed by atoms with Crippen molar-refractivity contribution < 1.29 is 0 Å². The highest BCUT2D eigenvalue weighted by atomic mass is 79.9. The minimum Gasteiger partial charge on any atom is -0.309 e. The molecule has 1 saturated carbocycles. The normalized spacial score (nSPS) is 16.5. The lowest BCUT2D eigenvalue weighted by molar-refractivity contribution is 0.419. The van der Waals surface area contributed by atoms with Gasteiger partial charge in [-0.25, -0.2) is 0 Å². The smallest absolute Gasteiger partial charge is 0.0599 e. The van der Waals surface area contributed by atoms with Crippen LogP contribution in [0.15, 0.2) is 46.9 Å². The van der Waals surface area contributed by atoms with E-state index in [1.165, 1.54) is 30.4 Å². The highest BCUT2D eigenvalue weighted by Crippen LogP contribution is 2.38. The third kappa shape index (κ3) is 3.03. The first-order chi connectivity index (χ1) is 10.2. The molecule has 0 spiro atoms. The molecule has 0 aromatic heterocycles. The third-order valence-corrected chi connectivity index (χ3v) is 5.71. The maximum absolute atomic E-state index is 6.47. The summed E-state index contributed by atoms with van der Waals surface area (Å²) in [6.07, 6.45) is 4.01. The van der Waals surface area contributed by atoms with Gasteiger partial charge >= 0.3 is 0 Å². The monoisotopic (exact) mass is 363 g/mol. The number of halogens is 2. The third-order valence-electron chi connectivity index (χ3n) is 4.40. The lowest BCUT2D eigenvalue weighted by Crippen LogP contribution is -2.19. The van der Waals surface area contributed by atoms with Crippen molar-refractivity contribution in [2.75, 3.05) is 7.05 Å². The molecule has 0 amide bonds. The Morgan fingerprint density at radius 3 is 2.62 bits per heavy atom. The molecule has 1 nitrogen and oxygen atoms in total. The summed E-state index contributed by atoms with van der Waals surface area (Å²) in [5, 5.41) is 4.18. The zero-order valence-electron chi connectivity index (χ0n) is 12.1. The Balaban J connectivity index is 1.97. The van der Waals surface area contributed by atoms with Crippen LogP contribution in [-0.2, 0) is 0 Å². The van der Waals surface area contributed by atoms with Gasteiger partial charge in [0.2, 0.25) is 0 Å². The Hall–Kier alpha value is -0.830. The van der Waals surface area contributed by atoms with Crippen LogP contribution in [-0.4, -0.2) is 7.05 Å². The van der Waals surface area contributed by atoms with Crippen LogP contribution in [0.4, 0.5) is 0 Å². The van der Waals surface area contributed by atoms with Gasteiger partial charge in [0.25, 0.3) is 0 Å². The average molecular weight is 365 g/mol. The van der Waals surface area contributed by atoms with E-state index >= 15 is 0 Å². The fourth-order valence-corrected chi connectivity index (χ4v) is 3.60. The van der Waals surface area contributed by atoms with Gasteiger partial charge in [-0.15, -0.1) is 0 Å². The fourth-order valence-electron chi connectivity index (χ4n) is 2.98. The lowest BCUT2D eigenvalue weighted by Gasteiger charge is -2.27. The molecule has 0 bridgehead atoms. The molecule has 1 atom stereocenters. The predicted octanol–water partition coefficient (Wildman–Crippen LogP) is 5.68. The summed E-state index contributed by atoms with van der Waals surface area (Å²) in [5.74, 6) is 0.750. The summed E-state index contributed by atoms with van der Waals surface area (Å²) in [6, 6.07) is 15.2. The second-order valence-corrected chi connectivity index (χ2v) is 6.89. The zero-order chi connectivity index (χ0) is 14.8. The van der Waals surface area contributed by atoms with E-state index in [-0.39, 0.29) is 6.04 Å². The van der Waals surface area contributed by atoms with Gasteiger partial charge < -0.3 is 5.32 Å². The van der Waals surface area contributed by atoms with Crippen LogP contribution in [0.5, 0.6) is 0 Å². The molecule has 1 unspecified atom stereocenters. The summed E-state index contributed by atoms with van der Waals surface area (Å²) in [6.45, 7) is 0. The van der Waals surface area contributed by atoms with Crippen LogP contribution in [0.25, 0.3) is 0 Å². The molecule has 0 saturated heterocycles. The number of rotatable bonds is 4. The highest BCUT2D eigenvalue weighted by Gasteiger charge is 2.22. The van der Waals surface area contributed by atoms with Gasteiger partial charge in [-0.3, -0.25) is 0 Å². The molecule has 0 heterocycles. The van der Waals surface area contributed by atoms with Crippen molar-refractivity contribution >= 4 is 27.5 Å². The second kappa shape index (κ2) is 6.51. The van der Waals surface area contributed by atoms with Crippen LogP contribution >= 0.6 is 27.5 Å². The number of hydrogen-bond acceptors (Lipinski definition) is 1. The van der Waals surface area contributed by atoms with E-state index in [4.69, 9.17) is 11.6 Å². The van der Waals surface area contributed by atoms with E-state index < -0.39 is 0 Å². The summed E-state index contributed by atoms with van der Waals surface area (Å²) in [4.78, 5) is 0. The summed E-state index contributed by atoms with van der Waals surface area (Å²) in [5.41, 5.74) is 3.85. The van der Waals surface area contributed by atoms with Crippen LogP contribution in [0.2, 0.25) is 5.02 Å². The van der Waals surface area contributed by atoms with Crippen molar-refractivity contribution in [2.24, 2.45) is 0 Å². The zero-order valence-corrected chi connectivity index (χ0v) is 14.4. The van der Waals surface area contributed by atoms with Crippen molar-refractivity contribution in [1.82, 2.24) is 5.32 Å². The Bertz CT molecular complexity index is 637. The number of hydrogen-bond donors (Lipinski definition) is 1. The van der Waals surface area contributed by atoms with Crippen molar-refractivity contribution in [2.45, 2.75) is 31.2 Å². The highest BCUT2D eigenvalue weighted by molar-refractivity contribution is 9.10. The molecule has 2 aromatic carbocycles. The SMILES string of the molecule is CNC(c1cccc(C2CCC2)c1)c1cccc(Br)c1Cl. The Kier molecular flexibility index (Phi) is 4.68. The summed E-state index contributed by atoms with van der Waals surface area (Å²) in [7, 11) is 1.98. The second-order valence-electron chi connectivity index (χ2n) is 5.66. The Labute approximate surface area is 139 Å². The van der Waals surface area contributed by atoms with Crippen LogP contribution in [0.1, 0.15) is 47.9 Å². The maximum Gasteiger partial charge on any atom is 0.0599 e. The summed E-state index contributed by atoms with van der Waals surface area (Å²) < 4.78 is 0.942. The number of nitrogens with one attached hydrogen (secondary N) is 1. The van der Waals surface area contributed by atoms with Gasteiger partial charge in [0.15, 0.2) is 0 Å². The average Bonchev–Trinajstić information content (AvgIpc) is 2.43. The van der Waals surface area contributed by atoms with Crippen molar-refractivity contribution in [1.29, 1.82) is 0 Å². The van der Waals surface area contributed by atoms with Gasteiger partial charge in [-0.1, -0.05) is 54.4 Å². The first-order valence-electron chi connectivity index (χ1n) is 7.41. The quantitative estimate of drug-likeness (QED) is 0.736. The first kappa shape index (κ1) is 15.1. The molecular weight excluding hydrogens is 346 g/mol. The molecule has 2 aromatic rings. The molecule has 1 aliphatic carbocycles. The molecule has 3 heteroatoms. The van der Waals surface area contributed by atoms with Crippen molar-refractivity contribution in [3.63, 3.8) is 0 Å². The lowest BCUT2D eigenvalue weighted by atomic mass is 9.79. The first-order valence-corrected chi connectivity index (χ1v) is 8.59. The van der Waals surface area contributed by atoms with Crippen LogP contribution in [0.3, 0.4) is 0 Å². The summed E-state index contributed by atoms with van der Waals surface area (Å²) >= 11 is 9.98. The molecule has 0 radical (unpaired) electrons. The largest absolute Gasteiger partial charge is 0.309 e. The van der Waals surface area contributed by atoms with Gasteiger partial charge in [-0.05, 0) is 64.5 Å². The van der Waals surface area contributed by atoms with Gasteiger partial charge in [-0.2, -0.15) is 0 Å². The van der Waals surface area contributed by atoms with E-state index in [2.05, 4.69) is 51.6 Å². The molecule has 0 aliphatic heterocycles. The van der Waals surface area contributed by atoms with Crippen LogP contribution < -0.4 is 5.32 Å². The standard InChI is InChI=1S/C18H19BrClN/c1-21-18(15-9-4-10-16(19)17(15)20)14-8-3-7-13(11-14)12-5-2-6-12/h3-4,7-12,18,21H,2,5-6H2,1H3. The molecule has 3 rings (SSSR count). The van der Waals surface area contributed by atoms with Crippen molar-refractivity contribution in [3.8, 4) is 0 Å². The minimum atomic E-state index is 0.120. The molecule has 21 heavy (non-hydrogen) atoms. The van der Waals surface area contributed by atoms with E-state index in [1.807, 2.05) is 19.2 Å². The number of benzene rings is 2. The van der Waals surface area contributed by atoms with Gasteiger partial charge in [0.05, 0.1) is 11.1 Å². The van der Waals surface area contributed by atoms with Gasteiger partial charge in [0, 0.05) is 4.47 Å². The van der Waals surface area contributed by atoms with E-state index in [9.17, 15) is 0 Å². The molecule has 1 fully saturated rings. The maximum atomic E-state index is 6.47.